The van der Waals surface area contributed by atoms with E-state index in [4.69, 9.17) is 0 Å². The van der Waals surface area contributed by atoms with Gasteiger partial charge in [0.25, 0.3) is 0 Å². The van der Waals surface area contributed by atoms with Gasteiger partial charge in [-0.2, -0.15) is 0 Å². The van der Waals surface area contributed by atoms with Gasteiger partial charge in [0.1, 0.15) is 6.20 Å². The first-order valence-electron chi connectivity index (χ1n) is 3.12. The summed E-state index contributed by atoms with van der Waals surface area (Å²) in [7, 11) is 0. The number of aryl methyl sites for hydroxylation is 1. The largest absolute Gasteiger partial charge is 0.358 e. The van der Waals surface area contributed by atoms with Gasteiger partial charge in [0.05, 0.1) is 6.54 Å². The molecule has 0 aliphatic rings. The first kappa shape index (κ1) is 7.71. The molecule has 0 amide bonds. The molecule has 0 spiro atoms. The van der Waals surface area contributed by atoms with Crippen LogP contribution in [0, 0.1) is 24.0 Å². The van der Waals surface area contributed by atoms with Gasteiger partial charge < -0.3 is 10.1 Å². The van der Waals surface area contributed by atoms with Crippen molar-refractivity contribution in [2.45, 2.75) is 13.5 Å². The molecule has 1 rings (SSSR count). The van der Waals surface area contributed by atoms with Gasteiger partial charge in [0.15, 0.2) is 5.82 Å². The third-order valence-corrected chi connectivity index (χ3v) is 1.44. The van der Waals surface area contributed by atoms with Crippen molar-refractivity contribution in [1.82, 2.24) is 9.55 Å². The normalized spacial score (nSPS) is 10.0. The van der Waals surface area contributed by atoms with Crippen LogP contribution >= 0.6 is 0 Å². The summed E-state index contributed by atoms with van der Waals surface area (Å²) in [6.45, 7) is 5.59. The second-order valence-corrected chi connectivity index (χ2v) is 2.07. The molecule has 0 bridgehead atoms. The Balaban J connectivity index is 3.15. The Morgan fingerprint density at radius 3 is 2.91 bits per heavy atom. The lowest BCUT2D eigenvalue weighted by Crippen LogP contribution is -2.02. The van der Waals surface area contributed by atoms with Crippen LogP contribution in [0.4, 0.5) is 5.82 Å². The lowest BCUT2D eigenvalue weighted by molar-refractivity contribution is -0.392. The van der Waals surface area contributed by atoms with Crippen LogP contribution in [0.5, 0.6) is 0 Å². The molecule has 1 heterocycles. The Morgan fingerprint density at radius 1 is 1.91 bits per heavy atom. The molecule has 1 aromatic heterocycles. The molecular weight excluding hydrogens is 146 g/mol. The summed E-state index contributed by atoms with van der Waals surface area (Å²) in [5.74, 6) is 0.615. The van der Waals surface area contributed by atoms with Crippen LogP contribution in [0.3, 0.4) is 0 Å². The van der Waals surface area contributed by atoms with Crippen molar-refractivity contribution in [2.75, 3.05) is 0 Å². The summed E-state index contributed by atoms with van der Waals surface area (Å²) in [5.41, 5.74) is 0. The van der Waals surface area contributed by atoms with E-state index in [0.29, 0.717) is 12.4 Å². The zero-order valence-electron chi connectivity index (χ0n) is 6.15. The summed E-state index contributed by atoms with van der Waals surface area (Å²) in [4.78, 5) is 13.6. The molecule has 0 saturated heterocycles. The van der Waals surface area contributed by atoms with Gasteiger partial charge in [0, 0.05) is 6.92 Å². The van der Waals surface area contributed by atoms with Gasteiger partial charge in [-0.15, -0.1) is 0 Å². The Labute approximate surface area is 63.8 Å². The molecule has 5 heteroatoms. The zero-order valence-corrected chi connectivity index (χ0v) is 6.15. The SMILES string of the molecule is [CH2]Cn1c([N+](=O)[O-])cnc1C. The van der Waals surface area contributed by atoms with E-state index < -0.39 is 4.92 Å². The van der Waals surface area contributed by atoms with Crippen molar-refractivity contribution < 1.29 is 4.92 Å². The monoisotopic (exact) mass is 154 g/mol. The van der Waals surface area contributed by atoms with Crippen LogP contribution in [0.1, 0.15) is 5.82 Å². The Morgan fingerprint density at radius 2 is 2.55 bits per heavy atom. The Kier molecular flexibility index (Phi) is 1.89. The van der Waals surface area contributed by atoms with Gasteiger partial charge in [-0.3, -0.25) is 0 Å². The summed E-state index contributed by atoms with van der Waals surface area (Å²) >= 11 is 0. The van der Waals surface area contributed by atoms with E-state index in [9.17, 15) is 10.1 Å². The van der Waals surface area contributed by atoms with Crippen LogP contribution in [0.2, 0.25) is 0 Å². The summed E-state index contributed by atoms with van der Waals surface area (Å²) in [5, 5.41) is 10.3. The highest BCUT2D eigenvalue weighted by Crippen LogP contribution is 2.12. The molecule has 11 heavy (non-hydrogen) atoms. The lowest BCUT2D eigenvalue weighted by Gasteiger charge is -1.96. The fraction of sp³-hybridized carbons (Fsp3) is 0.333. The molecule has 0 atom stereocenters. The van der Waals surface area contributed by atoms with Crippen molar-refractivity contribution >= 4 is 5.82 Å². The highest BCUT2D eigenvalue weighted by Gasteiger charge is 2.14. The first-order chi connectivity index (χ1) is 5.16. The summed E-state index contributed by atoms with van der Waals surface area (Å²) < 4.78 is 1.44. The highest BCUT2D eigenvalue weighted by atomic mass is 16.6. The van der Waals surface area contributed by atoms with Crippen LogP contribution in [-0.4, -0.2) is 14.5 Å². The third-order valence-electron chi connectivity index (χ3n) is 1.44. The molecule has 59 valence electrons. The number of imidazole rings is 1. The van der Waals surface area contributed by atoms with E-state index in [-0.39, 0.29) is 5.82 Å². The minimum atomic E-state index is -0.467. The summed E-state index contributed by atoms with van der Waals surface area (Å²) in [6, 6.07) is 0. The second-order valence-electron chi connectivity index (χ2n) is 2.07. The maximum atomic E-state index is 10.3. The molecule has 0 unspecified atom stereocenters. The van der Waals surface area contributed by atoms with Gasteiger partial charge >= 0.3 is 5.82 Å². The topological polar surface area (TPSA) is 61.0 Å². The molecule has 0 aliphatic heterocycles. The third kappa shape index (κ3) is 1.21. The minimum Gasteiger partial charge on any atom is -0.358 e. The maximum absolute atomic E-state index is 10.3. The predicted molar refractivity (Wildman–Crippen MR) is 39.0 cm³/mol. The average Bonchev–Trinajstić information content (AvgIpc) is 2.30. The quantitative estimate of drug-likeness (QED) is 0.470. The zero-order chi connectivity index (χ0) is 8.43. The standard InChI is InChI=1S/C6H8N3O2/c1-3-8-5(2)7-4-6(8)9(10)11/h4H,1,3H2,2H3. The Bertz CT molecular complexity index is 279. The molecule has 0 fully saturated rings. The molecular formula is C6H8N3O2. The van der Waals surface area contributed by atoms with Crippen molar-refractivity contribution in [3.05, 3.63) is 29.1 Å². The molecule has 0 aromatic carbocycles. The summed E-state index contributed by atoms with van der Waals surface area (Å²) in [6.07, 6.45) is 1.24. The molecule has 0 saturated carbocycles. The second kappa shape index (κ2) is 2.69. The number of hydrogen-bond donors (Lipinski definition) is 0. The van der Waals surface area contributed by atoms with Crippen molar-refractivity contribution in [3.8, 4) is 0 Å². The van der Waals surface area contributed by atoms with E-state index in [2.05, 4.69) is 11.9 Å². The fourth-order valence-corrected chi connectivity index (χ4v) is 0.878. The lowest BCUT2D eigenvalue weighted by atomic mass is 10.6. The molecule has 5 nitrogen and oxygen atoms in total. The highest BCUT2D eigenvalue weighted by molar-refractivity contribution is 5.18. The average molecular weight is 154 g/mol. The predicted octanol–water partition coefficient (Wildman–Crippen LogP) is 0.934. The van der Waals surface area contributed by atoms with Crippen LogP contribution in [0.25, 0.3) is 0 Å². The van der Waals surface area contributed by atoms with E-state index in [0.717, 1.165) is 0 Å². The minimum absolute atomic E-state index is 0.00231. The number of aromatic nitrogens is 2. The van der Waals surface area contributed by atoms with Crippen LogP contribution in [-0.2, 0) is 6.54 Å². The fourth-order valence-electron chi connectivity index (χ4n) is 0.878. The van der Waals surface area contributed by atoms with Gasteiger partial charge in [-0.1, -0.05) is 0 Å². The van der Waals surface area contributed by atoms with Crippen molar-refractivity contribution in [1.29, 1.82) is 0 Å². The maximum Gasteiger partial charge on any atom is 0.342 e. The molecule has 1 radical (unpaired) electrons. The van der Waals surface area contributed by atoms with E-state index in [1.54, 1.807) is 6.92 Å². The molecule has 0 aliphatic carbocycles. The van der Waals surface area contributed by atoms with E-state index in [1.807, 2.05) is 0 Å². The first-order valence-corrected chi connectivity index (χ1v) is 3.12. The van der Waals surface area contributed by atoms with Crippen molar-refractivity contribution in [3.63, 3.8) is 0 Å². The number of nitrogens with zero attached hydrogens (tertiary/aromatic N) is 3. The van der Waals surface area contributed by atoms with Gasteiger partial charge in [0.2, 0.25) is 0 Å². The van der Waals surface area contributed by atoms with Gasteiger partial charge in [-0.05, 0) is 11.8 Å². The van der Waals surface area contributed by atoms with Crippen molar-refractivity contribution in [2.24, 2.45) is 0 Å². The van der Waals surface area contributed by atoms with Crippen LogP contribution in [0.15, 0.2) is 6.20 Å². The van der Waals surface area contributed by atoms with E-state index >= 15 is 0 Å². The molecule has 1 aromatic rings. The number of nitro groups is 1. The number of hydrogen-bond acceptors (Lipinski definition) is 3. The van der Waals surface area contributed by atoms with E-state index in [1.165, 1.54) is 10.8 Å². The van der Waals surface area contributed by atoms with Gasteiger partial charge in [-0.25, -0.2) is 9.55 Å². The number of rotatable bonds is 2. The Hall–Kier alpha value is -1.39. The smallest absolute Gasteiger partial charge is 0.342 e. The van der Waals surface area contributed by atoms with Crippen LogP contribution < -0.4 is 0 Å². The molecule has 0 N–H and O–H groups in total.